The summed E-state index contributed by atoms with van der Waals surface area (Å²) in [6.07, 6.45) is 0. The summed E-state index contributed by atoms with van der Waals surface area (Å²) in [5, 5.41) is 12.4. The van der Waals surface area contributed by atoms with E-state index >= 15 is 0 Å². The molecule has 1 fully saturated rings. The lowest BCUT2D eigenvalue weighted by atomic mass is 10.1. The number of hydrogen-bond donors (Lipinski definition) is 1. The molecule has 1 saturated heterocycles. The van der Waals surface area contributed by atoms with Crippen LogP contribution in [0, 0.1) is 13.8 Å². The highest BCUT2D eigenvalue weighted by Crippen LogP contribution is 2.35. The van der Waals surface area contributed by atoms with Gasteiger partial charge in [0, 0.05) is 5.69 Å². The second-order valence-corrected chi connectivity index (χ2v) is 7.94. The Bertz CT molecular complexity index is 1080. The van der Waals surface area contributed by atoms with Gasteiger partial charge in [0.1, 0.15) is 6.54 Å². The van der Waals surface area contributed by atoms with Gasteiger partial charge in [-0.3, -0.25) is 19.4 Å². The van der Waals surface area contributed by atoms with Crippen LogP contribution in [-0.2, 0) is 14.4 Å². The molecule has 4 rings (SSSR count). The fourth-order valence-electron chi connectivity index (χ4n) is 3.65. The molecule has 0 aliphatic carbocycles. The third kappa shape index (κ3) is 3.42. The van der Waals surface area contributed by atoms with Crippen LogP contribution >= 0.6 is 23.2 Å². The molecule has 0 bridgehead atoms. The number of anilines is 2. The van der Waals surface area contributed by atoms with E-state index in [0.717, 1.165) is 16.0 Å². The number of fused-ring (bicyclic) bond motifs is 1. The second kappa shape index (κ2) is 7.70. The maximum absolute atomic E-state index is 13.1. The smallest absolute Gasteiger partial charge is 0.263 e. The highest BCUT2D eigenvalue weighted by atomic mass is 35.5. The SMILES string of the molecule is Cc1cccc(C)c1N1C(=O)C2N=NN(CC(=O)Nc3ccc(Cl)c(Cl)c3)C2C1=O. The molecule has 2 aliphatic rings. The molecule has 3 amide bonds. The fourth-order valence-corrected chi connectivity index (χ4v) is 3.95. The van der Waals surface area contributed by atoms with Gasteiger partial charge in [0.25, 0.3) is 11.8 Å². The predicted octanol–water partition coefficient (Wildman–Crippen LogP) is 3.54. The molecule has 2 atom stereocenters. The van der Waals surface area contributed by atoms with Crippen molar-refractivity contribution in [2.45, 2.75) is 25.9 Å². The number of rotatable bonds is 4. The van der Waals surface area contributed by atoms with Crippen molar-refractivity contribution < 1.29 is 14.4 Å². The maximum atomic E-state index is 13.1. The maximum Gasteiger partial charge on any atom is 0.263 e. The normalized spacial score (nSPS) is 20.1. The van der Waals surface area contributed by atoms with Gasteiger partial charge >= 0.3 is 0 Å². The van der Waals surface area contributed by atoms with Crippen molar-refractivity contribution in [2.75, 3.05) is 16.8 Å². The molecular weight excluding hydrogens is 429 g/mol. The molecule has 0 aromatic heterocycles. The number of imide groups is 1. The largest absolute Gasteiger partial charge is 0.324 e. The Morgan fingerprint density at radius 2 is 1.77 bits per heavy atom. The van der Waals surface area contributed by atoms with Gasteiger partial charge in [-0.15, -0.1) is 0 Å². The van der Waals surface area contributed by atoms with Crippen molar-refractivity contribution in [3.63, 3.8) is 0 Å². The zero-order valence-corrected chi connectivity index (χ0v) is 17.6. The van der Waals surface area contributed by atoms with Crippen molar-refractivity contribution in [2.24, 2.45) is 10.3 Å². The first-order valence-electron chi connectivity index (χ1n) is 9.14. The molecule has 154 valence electrons. The van der Waals surface area contributed by atoms with E-state index in [4.69, 9.17) is 23.2 Å². The van der Waals surface area contributed by atoms with E-state index in [0.29, 0.717) is 21.4 Å². The van der Waals surface area contributed by atoms with E-state index in [2.05, 4.69) is 15.7 Å². The van der Waals surface area contributed by atoms with E-state index in [1.807, 2.05) is 32.0 Å². The molecule has 0 spiro atoms. The van der Waals surface area contributed by atoms with Gasteiger partial charge in [0.2, 0.25) is 5.91 Å². The third-order valence-electron chi connectivity index (χ3n) is 5.03. The standard InChI is InChI=1S/C20H17Cl2N5O3/c1-10-4-3-5-11(2)17(10)27-19(29)16-18(20(27)30)26(25-24-16)9-15(28)23-12-6-7-13(21)14(22)8-12/h3-8,16,18H,9H2,1-2H3,(H,23,28). The van der Waals surface area contributed by atoms with E-state index in [1.54, 1.807) is 12.1 Å². The zero-order valence-electron chi connectivity index (χ0n) is 16.1. The number of aryl methyl sites for hydroxylation is 2. The van der Waals surface area contributed by atoms with Gasteiger partial charge < -0.3 is 5.32 Å². The minimum Gasteiger partial charge on any atom is -0.324 e. The molecular formula is C20H17Cl2N5O3. The van der Waals surface area contributed by atoms with E-state index < -0.39 is 29.8 Å². The Kier molecular flexibility index (Phi) is 5.21. The van der Waals surface area contributed by atoms with E-state index in [9.17, 15) is 14.4 Å². The minimum atomic E-state index is -0.964. The fraction of sp³-hybridized carbons (Fsp3) is 0.250. The van der Waals surface area contributed by atoms with Crippen LogP contribution in [-0.4, -0.2) is 41.4 Å². The van der Waals surface area contributed by atoms with Crippen LogP contribution in [0.25, 0.3) is 0 Å². The number of hydrogen-bond acceptors (Lipinski definition) is 6. The Morgan fingerprint density at radius 1 is 1.07 bits per heavy atom. The average molecular weight is 446 g/mol. The Morgan fingerprint density at radius 3 is 2.43 bits per heavy atom. The summed E-state index contributed by atoms with van der Waals surface area (Å²) in [5.74, 6) is -1.33. The van der Waals surface area contributed by atoms with Crippen LogP contribution in [0.1, 0.15) is 11.1 Å². The summed E-state index contributed by atoms with van der Waals surface area (Å²) in [5.41, 5.74) is 2.61. The van der Waals surface area contributed by atoms with Crippen LogP contribution < -0.4 is 10.2 Å². The Hall–Kier alpha value is -2.97. The van der Waals surface area contributed by atoms with Gasteiger partial charge in [-0.25, -0.2) is 4.90 Å². The number of nitrogens with one attached hydrogen (secondary N) is 1. The molecule has 8 nitrogen and oxygen atoms in total. The molecule has 1 N–H and O–H groups in total. The first-order valence-corrected chi connectivity index (χ1v) is 9.90. The molecule has 0 radical (unpaired) electrons. The van der Waals surface area contributed by atoms with Crippen molar-refractivity contribution in [3.05, 3.63) is 57.6 Å². The minimum absolute atomic E-state index is 0.246. The predicted molar refractivity (Wildman–Crippen MR) is 113 cm³/mol. The molecule has 2 unspecified atom stereocenters. The highest BCUT2D eigenvalue weighted by molar-refractivity contribution is 6.42. The summed E-state index contributed by atoms with van der Waals surface area (Å²) in [6.45, 7) is 3.42. The Balaban J connectivity index is 1.52. The summed E-state index contributed by atoms with van der Waals surface area (Å²) >= 11 is 11.8. The van der Waals surface area contributed by atoms with Crippen molar-refractivity contribution >= 4 is 52.3 Å². The van der Waals surface area contributed by atoms with Gasteiger partial charge in [0.05, 0.1) is 15.7 Å². The summed E-state index contributed by atoms with van der Waals surface area (Å²) in [4.78, 5) is 39.6. The van der Waals surface area contributed by atoms with Crippen LogP contribution in [0.2, 0.25) is 10.0 Å². The van der Waals surface area contributed by atoms with E-state index in [-0.39, 0.29) is 6.54 Å². The van der Waals surface area contributed by atoms with Gasteiger partial charge in [-0.2, -0.15) is 5.11 Å². The van der Waals surface area contributed by atoms with Gasteiger partial charge in [-0.1, -0.05) is 46.6 Å². The van der Waals surface area contributed by atoms with Gasteiger partial charge in [0.15, 0.2) is 12.1 Å². The molecule has 2 heterocycles. The van der Waals surface area contributed by atoms with Gasteiger partial charge in [-0.05, 0) is 43.2 Å². The second-order valence-electron chi connectivity index (χ2n) is 7.12. The first kappa shape index (κ1) is 20.3. The van der Waals surface area contributed by atoms with E-state index in [1.165, 1.54) is 11.1 Å². The highest BCUT2D eigenvalue weighted by Gasteiger charge is 2.55. The molecule has 2 aromatic rings. The van der Waals surface area contributed by atoms with Crippen LogP contribution in [0.5, 0.6) is 0 Å². The topological polar surface area (TPSA) is 94.4 Å². The number of carbonyl (C=O) groups excluding carboxylic acids is 3. The van der Waals surface area contributed by atoms with Crippen molar-refractivity contribution in [3.8, 4) is 0 Å². The molecule has 30 heavy (non-hydrogen) atoms. The summed E-state index contributed by atoms with van der Waals surface area (Å²) in [7, 11) is 0. The third-order valence-corrected chi connectivity index (χ3v) is 5.77. The molecule has 10 heteroatoms. The number of amides is 3. The Labute approximate surface area is 182 Å². The summed E-state index contributed by atoms with van der Waals surface area (Å²) in [6, 6.07) is 8.30. The number of carbonyl (C=O) groups is 3. The molecule has 0 saturated carbocycles. The van der Waals surface area contributed by atoms with Crippen LogP contribution in [0.4, 0.5) is 11.4 Å². The monoisotopic (exact) mass is 445 g/mol. The zero-order chi connectivity index (χ0) is 21.6. The van der Waals surface area contributed by atoms with Crippen LogP contribution in [0.15, 0.2) is 46.7 Å². The van der Waals surface area contributed by atoms with Crippen molar-refractivity contribution in [1.82, 2.24) is 5.01 Å². The van der Waals surface area contributed by atoms with Crippen LogP contribution in [0.3, 0.4) is 0 Å². The number of para-hydroxylation sites is 1. The lowest BCUT2D eigenvalue weighted by Gasteiger charge is -2.22. The van der Waals surface area contributed by atoms with Crippen molar-refractivity contribution in [1.29, 1.82) is 0 Å². The number of halogens is 2. The lowest BCUT2D eigenvalue weighted by Crippen LogP contribution is -2.43. The number of benzene rings is 2. The first-order chi connectivity index (χ1) is 14.3. The molecule has 2 aliphatic heterocycles. The molecule has 2 aromatic carbocycles. The quantitative estimate of drug-likeness (QED) is 0.727. The number of nitrogens with zero attached hydrogens (tertiary/aromatic N) is 4. The average Bonchev–Trinajstić information content (AvgIpc) is 3.20. The lowest BCUT2D eigenvalue weighted by molar-refractivity contribution is -0.123. The summed E-state index contributed by atoms with van der Waals surface area (Å²) < 4.78 is 0.